The van der Waals surface area contributed by atoms with Crippen LogP contribution in [0.25, 0.3) is 0 Å². The van der Waals surface area contributed by atoms with Gasteiger partial charge in [0.05, 0.1) is 16.6 Å². The summed E-state index contributed by atoms with van der Waals surface area (Å²) in [5.74, 6) is -0.365. The molecule has 2 aromatic carbocycles. The number of benzene rings is 2. The first kappa shape index (κ1) is 21.9. The van der Waals surface area contributed by atoms with Gasteiger partial charge in [0.15, 0.2) is 0 Å². The van der Waals surface area contributed by atoms with Gasteiger partial charge in [-0.05, 0) is 30.8 Å². The highest BCUT2D eigenvalue weighted by molar-refractivity contribution is 6.33. The lowest BCUT2D eigenvalue weighted by atomic mass is 10.1. The van der Waals surface area contributed by atoms with Crippen molar-refractivity contribution in [3.8, 4) is 0 Å². The molecule has 0 aliphatic carbocycles. The molecule has 6 heteroatoms. The van der Waals surface area contributed by atoms with Crippen molar-refractivity contribution < 1.29 is 9.59 Å². The maximum atomic E-state index is 12.3. The van der Waals surface area contributed by atoms with Crippen LogP contribution in [0, 0.1) is 0 Å². The second kappa shape index (κ2) is 11.5. The first-order valence-electron chi connectivity index (χ1n) is 9.65. The fraction of sp³-hybridized carbons (Fsp3) is 0.364. The fourth-order valence-electron chi connectivity index (χ4n) is 3.13. The summed E-state index contributed by atoms with van der Waals surface area (Å²) in [6.07, 6.45) is 0.218. The van der Waals surface area contributed by atoms with E-state index in [4.69, 9.17) is 11.6 Å². The van der Waals surface area contributed by atoms with Gasteiger partial charge in [0.2, 0.25) is 5.91 Å². The van der Waals surface area contributed by atoms with Gasteiger partial charge in [-0.15, -0.1) is 0 Å². The first-order chi connectivity index (χ1) is 13.6. The van der Waals surface area contributed by atoms with Crippen LogP contribution >= 0.6 is 11.6 Å². The Bertz CT molecular complexity index is 763. The molecule has 2 rings (SSSR count). The van der Waals surface area contributed by atoms with Crippen molar-refractivity contribution >= 4 is 23.4 Å². The van der Waals surface area contributed by atoms with Crippen molar-refractivity contribution in [1.29, 1.82) is 0 Å². The highest BCUT2D eigenvalue weighted by Crippen LogP contribution is 2.19. The van der Waals surface area contributed by atoms with E-state index in [1.54, 1.807) is 24.3 Å². The summed E-state index contributed by atoms with van der Waals surface area (Å²) in [5.41, 5.74) is 1.59. The number of amides is 2. The van der Waals surface area contributed by atoms with Crippen LogP contribution in [0.2, 0.25) is 5.02 Å². The Morgan fingerprint density at radius 2 is 1.61 bits per heavy atom. The number of carbonyl (C=O) groups is 2. The minimum absolute atomic E-state index is 0.0902. The average Bonchev–Trinajstić information content (AvgIpc) is 2.72. The third kappa shape index (κ3) is 6.36. The van der Waals surface area contributed by atoms with Crippen LogP contribution in [0.5, 0.6) is 0 Å². The first-order valence-corrected chi connectivity index (χ1v) is 10.0. The number of nitrogens with one attached hydrogen (secondary N) is 2. The summed E-state index contributed by atoms with van der Waals surface area (Å²) in [6.45, 7) is 6.83. The molecule has 2 amide bonds. The van der Waals surface area contributed by atoms with Crippen molar-refractivity contribution in [2.24, 2.45) is 0 Å². The SMILES string of the molecule is CCN(CC)C(CNC(=O)CCNC(=O)c1ccccc1Cl)c1ccccc1. The van der Waals surface area contributed by atoms with Crippen LogP contribution in [0.4, 0.5) is 0 Å². The third-order valence-electron chi connectivity index (χ3n) is 4.69. The van der Waals surface area contributed by atoms with E-state index in [-0.39, 0.29) is 30.8 Å². The van der Waals surface area contributed by atoms with Crippen molar-refractivity contribution in [3.63, 3.8) is 0 Å². The molecule has 0 saturated carbocycles. The zero-order chi connectivity index (χ0) is 20.4. The number of likely N-dealkylation sites (N-methyl/N-ethyl adjacent to an activating group) is 1. The van der Waals surface area contributed by atoms with E-state index in [9.17, 15) is 9.59 Å². The molecule has 28 heavy (non-hydrogen) atoms. The molecule has 0 heterocycles. The van der Waals surface area contributed by atoms with Crippen molar-refractivity contribution in [2.75, 3.05) is 26.2 Å². The number of hydrogen-bond donors (Lipinski definition) is 2. The van der Waals surface area contributed by atoms with Gasteiger partial charge < -0.3 is 10.6 Å². The van der Waals surface area contributed by atoms with E-state index in [2.05, 4.69) is 41.5 Å². The lowest BCUT2D eigenvalue weighted by Gasteiger charge is -2.30. The van der Waals surface area contributed by atoms with Gasteiger partial charge in [0.25, 0.3) is 5.91 Å². The van der Waals surface area contributed by atoms with Gasteiger partial charge >= 0.3 is 0 Å². The maximum absolute atomic E-state index is 12.3. The topological polar surface area (TPSA) is 61.4 Å². The molecule has 0 aliphatic heterocycles. The Kier molecular flexibility index (Phi) is 8.98. The minimum Gasteiger partial charge on any atom is -0.354 e. The van der Waals surface area contributed by atoms with Crippen LogP contribution in [-0.4, -0.2) is 42.9 Å². The predicted octanol–water partition coefficient (Wildman–Crippen LogP) is 3.66. The zero-order valence-corrected chi connectivity index (χ0v) is 17.2. The van der Waals surface area contributed by atoms with Crippen molar-refractivity contribution in [1.82, 2.24) is 15.5 Å². The highest BCUT2D eigenvalue weighted by atomic mass is 35.5. The van der Waals surface area contributed by atoms with E-state index in [0.29, 0.717) is 17.1 Å². The number of halogens is 1. The second-order valence-corrected chi connectivity index (χ2v) is 6.84. The molecule has 1 atom stereocenters. The molecule has 0 aromatic heterocycles. The Balaban J connectivity index is 1.84. The largest absolute Gasteiger partial charge is 0.354 e. The fourth-order valence-corrected chi connectivity index (χ4v) is 3.35. The smallest absolute Gasteiger partial charge is 0.252 e. The lowest BCUT2D eigenvalue weighted by molar-refractivity contribution is -0.121. The van der Waals surface area contributed by atoms with E-state index < -0.39 is 0 Å². The second-order valence-electron chi connectivity index (χ2n) is 6.44. The Hall–Kier alpha value is -2.37. The molecule has 0 radical (unpaired) electrons. The van der Waals surface area contributed by atoms with Gasteiger partial charge in [0.1, 0.15) is 0 Å². The zero-order valence-electron chi connectivity index (χ0n) is 16.5. The molecule has 2 N–H and O–H groups in total. The molecule has 0 spiro atoms. The van der Waals surface area contributed by atoms with Gasteiger partial charge in [-0.3, -0.25) is 14.5 Å². The molecule has 2 aromatic rings. The predicted molar refractivity (Wildman–Crippen MR) is 114 cm³/mol. The molecular formula is C22H28ClN3O2. The van der Waals surface area contributed by atoms with Crippen LogP contribution in [-0.2, 0) is 4.79 Å². The lowest BCUT2D eigenvalue weighted by Crippen LogP contribution is -2.39. The van der Waals surface area contributed by atoms with Gasteiger partial charge in [0, 0.05) is 19.5 Å². The van der Waals surface area contributed by atoms with E-state index >= 15 is 0 Å². The summed E-state index contributed by atoms with van der Waals surface area (Å²) in [7, 11) is 0. The van der Waals surface area contributed by atoms with E-state index in [1.165, 1.54) is 5.56 Å². The maximum Gasteiger partial charge on any atom is 0.252 e. The standard InChI is InChI=1S/C22H28ClN3O2/c1-3-26(4-2)20(17-10-6-5-7-11-17)16-25-21(27)14-15-24-22(28)18-12-8-9-13-19(18)23/h5-13,20H,3-4,14-16H2,1-2H3,(H,24,28)(H,25,27). The van der Waals surface area contributed by atoms with Gasteiger partial charge in [-0.1, -0.05) is 67.9 Å². The summed E-state index contributed by atoms with van der Waals surface area (Å²) in [5, 5.41) is 6.14. The van der Waals surface area contributed by atoms with Crippen molar-refractivity contribution in [2.45, 2.75) is 26.3 Å². The van der Waals surface area contributed by atoms with Gasteiger partial charge in [-0.2, -0.15) is 0 Å². The molecular weight excluding hydrogens is 374 g/mol. The number of nitrogens with zero attached hydrogens (tertiary/aromatic N) is 1. The molecule has 0 saturated heterocycles. The Morgan fingerprint density at radius 1 is 0.964 bits per heavy atom. The quantitative estimate of drug-likeness (QED) is 0.638. The normalized spacial score (nSPS) is 11.9. The summed E-state index contributed by atoms with van der Waals surface area (Å²) < 4.78 is 0. The van der Waals surface area contributed by atoms with E-state index in [0.717, 1.165) is 13.1 Å². The molecule has 0 aliphatic rings. The molecule has 0 fully saturated rings. The highest BCUT2D eigenvalue weighted by Gasteiger charge is 2.18. The summed E-state index contributed by atoms with van der Waals surface area (Å²) >= 11 is 6.02. The van der Waals surface area contributed by atoms with Crippen LogP contribution in [0.3, 0.4) is 0 Å². The summed E-state index contributed by atoms with van der Waals surface area (Å²) in [4.78, 5) is 26.7. The van der Waals surface area contributed by atoms with Crippen LogP contribution in [0.1, 0.15) is 42.2 Å². The van der Waals surface area contributed by atoms with E-state index in [1.807, 2.05) is 18.2 Å². The van der Waals surface area contributed by atoms with Crippen LogP contribution < -0.4 is 10.6 Å². The molecule has 1 unspecified atom stereocenters. The third-order valence-corrected chi connectivity index (χ3v) is 5.02. The Labute approximate surface area is 172 Å². The monoisotopic (exact) mass is 401 g/mol. The van der Waals surface area contributed by atoms with Crippen molar-refractivity contribution in [3.05, 3.63) is 70.7 Å². The number of rotatable bonds is 10. The Morgan fingerprint density at radius 3 is 2.25 bits per heavy atom. The average molecular weight is 402 g/mol. The number of hydrogen-bond acceptors (Lipinski definition) is 3. The molecule has 0 bridgehead atoms. The van der Waals surface area contributed by atoms with Crippen LogP contribution in [0.15, 0.2) is 54.6 Å². The molecule has 5 nitrogen and oxygen atoms in total. The minimum atomic E-state index is -0.274. The molecule has 150 valence electrons. The van der Waals surface area contributed by atoms with Gasteiger partial charge in [-0.25, -0.2) is 0 Å². The summed E-state index contributed by atoms with van der Waals surface area (Å²) in [6, 6.07) is 17.2. The number of carbonyl (C=O) groups excluding carboxylic acids is 2.